The van der Waals surface area contributed by atoms with Crippen molar-refractivity contribution >= 4 is 40.0 Å². The van der Waals surface area contributed by atoms with Crippen LogP contribution < -0.4 is 5.73 Å². The van der Waals surface area contributed by atoms with Crippen LogP contribution in [0.15, 0.2) is 24.3 Å². The van der Waals surface area contributed by atoms with E-state index in [1.807, 2.05) is 24.3 Å². The van der Waals surface area contributed by atoms with Gasteiger partial charge in [0.25, 0.3) is 0 Å². The molecule has 0 aliphatic heterocycles. The minimum absolute atomic E-state index is 0.198. The zero-order valence-corrected chi connectivity index (χ0v) is 13.8. The van der Waals surface area contributed by atoms with Gasteiger partial charge in [0.2, 0.25) is 6.29 Å². The topological polar surface area (TPSA) is 70.3 Å². The zero-order valence-electron chi connectivity index (χ0n) is 10.9. The van der Waals surface area contributed by atoms with Crippen LogP contribution in [0, 0.1) is 3.57 Å². The highest BCUT2D eigenvalue weighted by molar-refractivity contribution is 14.1. The number of nitrogen functional groups attached to an aromatic ring is 1. The zero-order chi connectivity index (χ0) is 14.7. The van der Waals surface area contributed by atoms with Gasteiger partial charge in [-0.3, -0.25) is 0 Å². The minimum Gasteiger partial charge on any atom is -0.382 e. The number of nitrogens with two attached hydrogens (primary N) is 1. The number of hydrogen-bond acceptors (Lipinski definition) is 5. The number of rotatable bonds is 4. The number of aromatic nitrogens is 2. The number of ether oxygens (including phenoxy) is 2. The summed E-state index contributed by atoms with van der Waals surface area (Å²) in [6.45, 7) is 0. The first-order valence-corrected chi connectivity index (χ1v) is 7.17. The minimum atomic E-state index is -0.685. The van der Waals surface area contributed by atoms with Gasteiger partial charge in [0.15, 0.2) is 5.82 Å². The number of nitrogens with zero attached hydrogens (tertiary/aromatic N) is 2. The highest BCUT2D eigenvalue weighted by Gasteiger charge is 2.20. The molecule has 0 aliphatic carbocycles. The van der Waals surface area contributed by atoms with Crippen LogP contribution in [0.1, 0.15) is 12.0 Å². The predicted octanol–water partition coefficient (Wildman–Crippen LogP) is 3.28. The molecule has 1 aromatic carbocycles. The van der Waals surface area contributed by atoms with E-state index in [-0.39, 0.29) is 10.8 Å². The van der Waals surface area contributed by atoms with Crippen molar-refractivity contribution < 1.29 is 9.47 Å². The van der Waals surface area contributed by atoms with Crippen LogP contribution >= 0.6 is 34.2 Å². The smallest absolute Gasteiger partial charge is 0.202 e. The second kappa shape index (κ2) is 6.66. The van der Waals surface area contributed by atoms with E-state index in [0.29, 0.717) is 11.5 Å². The molecular formula is C13H13ClIN3O2. The molecule has 0 bridgehead atoms. The lowest BCUT2D eigenvalue weighted by molar-refractivity contribution is -0.108. The summed E-state index contributed by atoms with van der Waals surface area (Å²) in [5.41, 5.74) is 7.10. The summed E-state index contributed by atoms with van der Waals surface area (Å²) in [6, 6.07) is 7.77. The van der Waals surface area contributed by atoms with E-state index in [4.69, 9.17) is 26.8 Å². The molecule has 1 heterocycles. The second-order valence-electron chi connectivity index (χ2n) is 3.94. The first-order chi connectivity index (χ1) is 9.56. The quantitative estimate of drug-likeness (QED) is 0.624. The van der Waals surface area contributed by atoms with Crippen molar-refractivity contribution in [1.82, 2.24) is 9.97 Å². The maximum absolute atomic E-state index is 6.12. The largest absolute Gasteiger partial charge is 0.382 e. The molecule has 0 saturated carbocycles. The maximum atomic E-state index is 6.12. The fourth-order valence-electron chi connectivity index (χ4n) is 1.69. The van der Waals surface area contributed by atoms with Crippen molar-refractivity contribution in [1.29, 1.82) is 0 Å². The molecule has 20 heavy (non-hydrogen) atoms. The number of halogens is 2. The average molecular weight is 406 g/mol. The van der Waals surface area contributed by atoms with Crippen molar-refractivity contribution in [3.05, 3.63) is 38.6 Å². The molecule has 0 fully saturated rings. The van der Waals surface area contributed by atoms with Gasteiger partial charge in [-0.15, -0.1) is 0 Å². The highest BCUT2D eigenvalue weighted by Crippen LogP contribution is 2.30. The SMILES string of the molecule is COC(OC)c1nc(-c2ccc(I)cc2)nc(N)c1Cl. The van der Waals surface area contributed by atoms with Gasteiger partial charge in [0.05, 0.1) is 0 Å². The normalized spacial score (nSPS) is 11.1. The molecular weight excluding hydrogens is 393 g/mol. The number of methoxy groups -OCH3 is 2. The predicted molar refractivity (Wildman–Crippen MR) is 86.4 cm³/mol. The average Bonchev–Trinajstić information content (AvgIpc) is 2.45. The first-order valence-electron chi connectivity index (χ1n) is 5.71. The molecule has 0 aliphatic rings. The van der Waals surface area contributed by atoms with E-state index in [9.17, 15) is 0 Å². The fraction of sp³-hybridized carbons (Fsp3) is 0.231. The summed E-state index contributed by atoms with van der Waals surface area (Å²) in [5.74, 6) is 0.682. The van der Waals surface area contributed by atoms with Crippen LogP contribution in [0.25, 0.3) is 11.4 Å². The Balaban J connectivity index is 2.53. The monoisotopic (exact) mass is 405 g/mol. The first kappa shape index (κ1) is 15.4. The van der Waals surface area contributed by atoms with E-state index in [0.717, 1.165) is 9.13 Å². The summed E-state index contributed by atoms with van der Waals surface area (Å²) < 4.78 is 11.5. The summed E-state index contributed by atoms with van der Waals surface area (Å²) in [4.78, 5) is 8.60. The molecule has 0 radical (unpaired) electrons. The summed E-state index contributed by atoms with van der Waals surface area (Å²) in [6.07, 6.45) is -0.685. The van der Waals surface area contributed by atoms with E-state index >= 15 is 0 Å². The molecule has 2 aromatic rings. The fourth-order valence-corrected chi connectivity index (χ4v) is 2.22. The number of benzene rings is 1. The molecule has 0 amide bonds. The van der Waals surface area contributed by atoms with Crippen LogP contribution in [0.3, 0.4) is 0 Å². The highest BCUT2D eigenvalue weighted by atomic mass is 127. The Bertz CT molecular complexity index is 603. The molecule has 2 rings (SSSR count). The summed E-state index contributed by atoms with van der Waals surface area (Å²) >= 11 is 8.35. The molecule has 7 heteroatoms. The molecule has 0 unspecified atom stereocenters. The van der Waals surface area contributed by atoms with Gasteiger partial charge in [-0.2, -0.15) is 0 Å². The summed E-state index contributed by atoms with van der Waals surface area (Å²) in [7, 11) is 3.01. The second-order valence-corrected chi connectivity index (χ2v) is 5.57. The van der Waals surface area contributed by atoms with Gasteiger partial charge in [-0.25, -0.2) is 9.97 Å². The van der Waals surface area contributed by atoms with Crippen LogP contribution in [0.5, 0.6) is 0 Å². The summed E-state index contributed by atoms with van der Waals surface area (Å²) in [5, 5.41) is 0.243. The maximum Gasteiger partial charge on any atom is 0.202 e. The number of anilines is 1. The van der Waals surface area contributed by atoms with Gasteiger partial charge >= 0.3 is 0 Å². The van der Waals surface area contributed by atoms with Crippen molar-refractivity contribution in [3.8, 4) is 11.4 Å². The van der Waals surface area contributed by atoms with Gasteiger partial charge in [0, 0.05) is 23.4 Å². The van der Waals surface area contributed by atoms with Gasteiger partial charge < -0.3 is 15.2 Å². The molecule has 106 valence electrons. The van der Waals surface area contributed by atoms with Crippen molar-refractivity contribution in [2.24, 2.45) is 0 Å². The van der Waals surface area contributed by atoms with E-state index in [1.54, 1.807) is 0 Å². The van der Waals surface area contributed by atoms with Crippen molar-refractivity contribution in [3.63, 3.8) is 0 Å². The lowest BCUT2D eigenvalue weighted by Gasteiger charge is -2.16. The Morgan fingerprint density at radius 2 is 1.75 bits per heavy atom. The van der Waals surface area contributed by atoms with Crippen molar-refractivity contribution in [2.45, 2.75) is 6.29 Å². The van der Waals surface area contributed by atoms with Gasteiger partial charge in [0.1, 0.15) is 16.5 Å². The Kier molecular flexibility index (Phi) is 5.14. The van der Waals surface area contributed by atoms with Crippen LogP contribution in [-0.2, 0) is 9.47 Å². The van der Waals surface area contributed by atoms with E-state index in [2.05, 4.69) is 32.6 Å². The Morgan fingerprint density at radius 1 is 1.15 bits per heavy atom. The van der Waals surface area contributed by atoms with E-state index < -0.39 is 6.29 Å². The lowest BCUT2D eigenvalue weighted by atomic mass is 10.2. The molecule has 2 N–H and O–H groups in total. The number of hydrogen-bond donors (Lipinski definition) is 1. The van der Waals surface area contributed by atoms with Crippen LogP contribution in [0.4, 0.5) is 5.82 Å². The van der Waals surface area contributed by atoms with Crippen LogP contribution in [-0.4, -0.2) is 24.2 Å². The molecule has 0 saturated heterocycles. The third kappa shape index (κ3) is 3.20. The molecule has 0 atom stereocenters. The molecule has 5 nitrogen and oxygen atoms in total. The Morgan fingerprint density at radius 3 is 2.30 bits per heavy atom. The van der Waals surface area contributed by atoms with Crippen molar-refractivity contribution in [2.75, 3.05) is 20.0 Å². The van der Waals surface area contributed by atoms with Gasteiger partial charge in [-0.05, 0) is 34.7 Å². The standard InChI is InChI=1S/C13H13ClIN3O2/c1-19-13(20-2)10-9(14)11(16)18-12(17-10)7-3-5-8(15)6-4-7/h3-6,13H,1-2H3,(H2,16,17,18). The van der Waals surface area contributed by atoms with E-state index in [1.165, 1.54) is 14.2 Å². The lowest BCUT2D eigenvalue weighted by Crippen LogP contribution is -2.10. The Labute approximate surface area is 135 Å². The molecule has 1 aromatic heterocycles. The molecule has 0 spiro atoms. The third-order valence-electron chi connectivity index (χ3n) is 2.66. The Hall–Kier alpha value is -0.960. The van der Waals surface area contributed by atoms with Crippen LogP contribution in [0.2, 0.25) is 5.02 Å². The third-order valence-corrected chi connectivity index (χ3v) is 3.76. The van der Waals surface area contributed by atoms with Gasteiger partial charge in [-0.1, -0.05) is 23.7 Å².